The van der Waals surface area contributed by atoms with Gasteiger partial charge in [0.15, 0.2) is 0 Å². The van der Waals surface area contributed by atoms with E-state index in [4.69, 9.17) is 0 Å². The highest BCUT2D eigenvalue weighted by Gasteiger charge is 2.46. The van der Waals surface area contributed by atoms with Crippen molar-refractivity contribution >= 4 is 0 Å². The van der Waals surface area contributed by atoms with Crippen LogP contribution in [0.25, 0.3) is 0 Å². The lowest BCUT2D eigenvalue weighted by Gasteiger charge is -2.32. The van der Waals surface area contributed by atoms with Gasteiger partial charge < -0.3 is 10.2 Å². The minimum absolute atomic E-state index is 0.517. The number of benzene rings is 3. The minimum Gasteiger partial charge on any atom is -0.353 e. The Balaban J connectivity index is 1.72. The van der Waals surface area contributed by atoms with Crippen molar-refractivity contribution < 1.29 is 0 Å². The lowest BCUT2D eigenvalue weighted by Crippen LogP contribution is -2.38. The van der Waals surface area contributed by atoms with E-state index < -0.39 is 5.54 Å². The molecule has 1 saturated heterocycles. The van der Waals surface area contributed by atoms with E-state index in [-0.39, 0.29) is 0 Å². The lowest BCUT2D eigenvalue weighted by molar-refractivity contribution is 0.437. The first-order chi connectivity index (χ1) is 14.6. The predicted molar refractivity (Wildman–Crippen MR) is 126 cm³/mol. The highest BCUT2D eigenvalue weighted by molar-refractivity contribution is 5.51. The molecule has 1 aliphatic heterocycles. The van der Waals surface area contributed by atoms with E-state index in [9.17, 15) is 0 Å². The number of nitrogens with zero attached hydrogens (tertiary/aromatic N) is 1. The molecular weight excluding hydrogens is 364 g/mol. The highest BCUT2D eigenvalue weighted by Crippen LogP contribution is 2.44. The van der Waals surface area contributed by atoms with Crippen LogP contribution in [0.15, 0.2) is 104 Å². The van der Waals surface area contributed by atoms with Crippen molar-refractivity contribution in [3.05, 3.63) is 131 Å². The van der Waals surface area contributed by atoms with Gasteiger partial charge in [-0.15, -0.1) is 0 Å². The summed E-state index contributed by atoms with van der Waals surface area (Å²) >= 11 is 0. The molecule has 1 heterocycles. The van der Waals surface area contributed by atoms with Crippen LogP contribution < -0.4 is 5.32 Å². The molecule has 0 aliphatic carbocycles. The lowest BCUT2D eigenvalue weighted by atomic mass is 9.81. The SMILES string of the molecule is C=C1NC(c2ccccc2)(c2ccccc2)C(=C)N1Cc1ccc(CCC)c(C)c1. The van der Waals surface area contributed by atoms with Gasteiger partial charge in [-0.2, -0.15) is 0 Å². The summed E-state index contributed by atoms with van der Waals surface area (Å²) in [6.07, 6.45) is 2.29. The van der Waals surface area contributed by atoms with Gasteiger partial charge in [0, 0.05) is 12.2 Å². The molecule has 0 amide bonds. The first-order valence-electron chi connectivity index (χ1n) is 10.7. The second kappa shape index (κ2) is 8.23. The van der Waals surface area contributed by atoms with E-state index in [1.165, 1.54) is 34.2 Å². The summed E-state index contributed by atoms with van der Waals surface area (Å²) in [5.41, 5.74) is 6.88. The molecule has 1 fully saturated rings. The van der Waals surface area contributed by atoms with Gasteiger partial charge in [-0.3, -0.25) is 0 Å². The van der Waals surface area contributed by atoms with Crippen LogP contribution in [0.1, 0.15) is 41.2 Å². The normalized spacial score (nSPS) is 15.3. The maximum Gasteiger partial charge on any atom is 0.129 e. The third-order valence-electron chi connectivity index (χ3n) is 6.10. The van der Waals surface area contributed by atoms with Crippen LogP contribution in [0.5, 0.6) is 0 Å². The molecule has 1 N–H and O–H groups in total. The average molecular weight is 395 g/mol. The van der Waals surface area contributed by atoms with Crippen molar-refractivity contribution in [1.29, 1.82) is 0 Å². The predicted octanol–water partition coefficient (Wildman–Crippen LogP) is 6.28. The van der Waals surface area contributed by atoms with Crippen LogP contribution in [-0.2, 0) is 18.5 Å². The second-order valence-electron chi connectivity index (χ2n) is 8.10. The van der Waals surface area contributed by atoms with Crippen LogP contribution in [-0.4, -0.2) is 4.90 Å². The Labute approximate surface area is 180 Å². The van der Waals surface area contributed by atoms with Crippen molar-refractivity contribution in [2.75, 3.05) is 0 Å². The van der Waals surface area contributed by atoms with E-state index in [0.717, 1.165) is 24.5 Å². The third kappa shape index (κ3) is 3.43. The molecule has 3 aromatic carbocycles. The summed E-state index contributed by atoms with van der Waals surface area (Å²) in [5.74, 6) is 0.878. The molecule has 0 aromatic heterocycles. The summed E-state index contributed by atoms with van der Waals surface area (Å²) in [6.45, 7) is 14.1. The fourth-order valence-corrected chi connectivity index (χ4v) is 4.52. The maximum absolute atomic E-state index is 4.56. The van der Waals surface area contributed by atoms with Crippen LogP contribution in [0.4, 0.5) is 0 Å². The van der Waals surface area contributed by atoms with Gasteiger partial charge in [0.2, 0.25) is 0 Å². The number of nitrogens with one attached hydrogen (secondary N) is 1. The Morgan fingerprint density at radius 1 is 0.867 bits per heavy atom. The summed E-state index contributed by atoms with van der Waals surface area (Å²) in [5, 5.41) is 3.70. The highest BCUT2D eigenvalue weighted by atomic mass is 15.4. The number of rotatable bonds is 6. The molecular formula is C28H30N2. The largest absolute Gasteiger partial charge is 0.353 e. The van der Waals surface area contributed by atoms with Crippen LogP contribution >= 0.6 is 0 Å². The Bertz CT molecular complexity index is 1010. The molecule has 30 heavy (non-hydrogen) atoms. The van der Waals surface area contributed by atoms with E-state index in [0.29, 0.717) is 0 Å². The molecule has 152 valence electrons. The topological polar surface area (TPSA) is 15.3 Å². The van der Waals surface area contributed by atoms with E-state index in [2.05, 4.69) is 104 Å². The standard InChI is InChI=1S/C28H30N2/c1-5-12-25-18-17-24(19-21(25)2)20-30-22(3)28(29-23(30)4,26-13-8-6-9-14-26)27-15-10-7-11-16-27/h6-11,13-19,29H,3-5,12,20H2,1-2H3. The van der Waals surface area contributed by atoms with Gasteiger partial charge in [0.25, 0.3) is 0 Å². The van der Waals surface area contributed by atoms with Gasteiger partial charge in [0.05, 0.1) is 5.82 Å². The maximum atomic E-state index is 4.56. The first kappa shape index (κ1) is 20.0. The molecule has 0 atom stereocenters. The molecule has 2 heteroatoms. The number of aryl methyl sites for hydroxylation is 2. The van der Waals surface area contributed by atoms with Crippen molar-refractivity contribution in [3.8, 4) is 0 Å². The summed E-state index contributed by atoms with van der Waals surface area (Å²) < 4.78 is 0. The summed E-state index contributed by atoms with van der Waals surface area (Å²) in [4.78, 5) is 2.22. The second-order valence-corrected chi connectivity index (χ2v) is 8.10. The minimum atomic E-state index is -0.517. The van der Waals surface area contributed by atoms with Crippen molar-refractivity contribution in [3.63, 3.8) is 0 Å². The molecule has 4 rings (SSSR count). The quantitative estimate of drug-likeness (QED) is 0.529. The Morgan fingerprint density at radius 2 is 1.47 bits per heavy atom. The van der Waals surface area contributed by atoms with Crippen molar-refractivity contribution in [2.45, 2.75) is 38.8 Å². The van der Waals surface area contributed by atoms with Crippen LogP contribution in [0, 0.1) is 6.92 Å². The van der Waals surface area contributed by atoms with E-state index in [1.54, 1.807) is 0 Å². The first-order valence-corrected chi connectivity index (χ1v) is 10.7. The van der Waals surface area contributed by atoms with Gasteiger partial charge in [0.1, 0.15) is 5.54 Å². The van der Waals surface area contributed by atoms with Crippen LogP contribution in [0.2, 0.25) is 0 Å². The Hall–Kier alpha value is -3.26. The monoisotopic (exact) mass is 394 g/mol. The molecule has 0 unspecified atom stereocenters. The molecule has 1 aliphatic rings. The average Bonchev–Trinajstić information content (AvgIpc) is 3.02. The molecule has 2 nitrogen and oxygen atoms in total. The molecule has 3 aromatic rings. The van der Waals surface area contributed by atoms with Crippen molar-refractivity contribution in [1.82, 2.24) is 10.2 Å². The Kier molecular flexibility index (Phi) is 5.50. The van der Waals surface area contributed by atoms with Crippen LogP contribution in [0.3, 0.4) is 0 Å². The Morgan fingerprint density at radius 3 is 2.00 bits per heavy atom. The number of hydrogen-bond acceptors (Lipinski definition) is 2. The van der Waals surface area contributed by atoms with Gasteiger partial charge in [-0.1, -0.05) is 105 Å². The zero-order valence-corrected chi connectivity index (χ0v) is 18.0. The zero-order chi connectivity index (χ0) is 21.1. The smallest absolute Gasteiger partial charge is 0.129 e. The molecule has 0 spiro atoms. The fraction of sp³-hybridized carbons (Fsp3) is 0.214. The van der Waals surface area contributed by atoms with E-state index >= 15 is 0 Å². The summed E-state index contributed by atoms with van der Waals surface area (Å²) in [7, 11) is 0. The molecule has 0 saturated carbocycles. The van der Waals surface area contributed by atoms with Gasteiger partial charge in [-0.05, 0) is 41.2 Å². The zero-order valence-electron chi connectivity index (χ0n) is 18.0. The van der Waals surface area contributed by atoms with E-state index in [1.807, 2.05) is 12.1 Å². The fourth-order valence-electron chi connectivity index (χ4n) is 4.52. The third-order valence-corrected chi connectivity index (χ3v) is 6.10. The van der Waals surface area contributed by atoms with Gasteiger partial charge in [-0.25, -0.2) is 0 Å². The molecule has 0 bridgehead atoms. The number of hydrogen-bond donors (Lipinski definition) is 1. The molecule has 0 radical (unpaired) electrons. The summed E-state index contributed by atoms with van der Waals surface area (Å²) in [6, 6.07) is 27.9. The van der Waals surface area contributed by atoms with Crippen molar-refractivity contribution in [2.24, 2.45) is 0 Å². The van der Waals surface area contributed by atoms with Gasteiger partial charge >= 0.3 is 0 Å².